The van der Waals surface area contributed by atoms with Crippen molar-refractivity contribution in [3.05, 3.63) is 72.3 Å². The van der Waals surface area contributed by atoms with E-state index in [-0.39, 0.29) is 49.1 Å². The van der Waals surface area contributed by atoms with E-state index in [0.717, 1.165) is 36.8 Å². The summed E-state index contributed by atoms with van der Waals surface area (Å²) in [5.41, 5.74) is 1.02. The average Bonchev–Trinajstić information content (AvgIpc) is 3.26. The van der Waals surface area contributed by atoms with E-state index >= 15 is 0 Å². The number of carbonyl (C=O) groups excluding carboxylic acids is 7. The van der Waals surface area contributed by atoms with Crippen LogP contribution in [0, 0.1) is 17.3 Å². The Kier molecular flexibility index (Phi) is 20.6. The molecule has 0 heterocycles. The number of ether oxygens (including phenoxy) is 6. The summed E-state index contributed by atoms with van der Waals surface area (Å²) in [5, 5.41) is 0. The fraction of sp³-hybridized carbons (Fsp3) is 0.521. The van der Waals surface area contributed by atoms with E-state index in [1.807, 2.05) is 24.3 Å². The molecule has 332 valence electrons. The van der Waals surface area contributed by atoms with Crippen molar-refractivity contribution < 1.29 is 62.0 Å². The minimum Gasteiger partial charge on any atom is -0.492 e. The normalized spacial score (nSPS) is 14.8. The summed E-state index contributed by atoms with van der Waals surface area (Å²) in [6, 6.07) is 12.6. The van der Waals surface area contributed by atoms with Gasteiger partial charge >= 0.3 is 29.8 Å². The van der Waals surface area contributed by atoms with E-state index in [2.05, 4.69) is 20.1 Å². The van der Waals surface area contributed by atoms with E-state index in [4.69, 9.17) is 28.4 Å². The van der Waals surface area contributed by atoms with Gasteiger partial charge in [-0.1, -0.05) is 77.8 Å². The lowest BCUT2D eigenvalue weighted by molar-refractivity contribution is -0.168. The summed E-state index contributed by atoms with van der Waals surface area (Å²) in [4.78, 5) is 87.0. The molecular weight excluding hydrogens is 785 g/mol. The number of carbonyl (C=O) groups is 7. The fourth-order valence-corrected chi connectivity index (χ4v) is 6.64. The summed E-state index contributed by atoms with van der Waals surface area (Å²) >= 11 is 0. The topological polar surface area (TPSA) is 175 Å². The third-order valence-corrected chi connectivity index (χ3v) is 10.5. The van der Waals surface area contributed by atoms with Gasteiger partial charge in [0.1, 0.15) is 43.3 Å². The molecule has 1 saturated carbocycles. The summed E-state index contributed by atoms with van der Waals surface area (Å²) in [5.74, 6) is -4.06. The molecule has 2 aromatic carbocycles. The molecule has 0 aliphatic heterocycles. The van der Waals surface area contributed by atoms with Crippen molar-refractivity contribution in [2.45, 2.75) is 112 Å². The number of ketones is 2. The second-order valence-electron chi connectivity index (χ2n) is 15.9. The van der Waals surface area contributed by atoms with Crippen LogP contribution in [-0.4, -0.2) is 74.4 Å². The van der Waals surface area contributed by atoms with E-state index in [1.165, 1.54) is 46.5 Å². The Balaban J connectivity index is 1.89. The number of unbranched alkanes of at least 4 members (excludes halogenated alkanes) is 2. The lowest BCUT2D eigenvalue weighted by atomic mass is 9.80. The SMILES string of the molecule is C=C(C)C(=O)OCCCc1cc(-c2ccc(OC(=O)C3CCC(CCCCC)CC3)cc2)ccc1OCC(COC(=O)C(=C)C)(COC(=O)C(=O)CC)COC(=O)C(=O)CC. The van der Waals surface area contributed by atoms with Crippen LogP contribution < -0.4 is 9.47 Å². The molecule has 0 bridgehead atoms. The third kappa shape index (κ3) is 16.4. The molecule has 13 nitrogen and oxygen atoms in total. The first kappa shape index (κ1) is 49.8. The molecule has 0 amide bonds. The summed E-state index contributed by atoms with van der Waals surface area (Å²) in [6.45, 7) is 13.4. The molecule has 61 heavy (non-hydrogen) atoms. The number of Topliss-reactive ketones (excluding diaryl/α,β-unsaturated/α-hetero) is 2. The molecule has 0 spiro atoms. The number of hydrogen-bond acceptors (Lipinski definition) is 13. The highest BCUT2D eigenvalue weighted by molar-refractivity contribution is 6.33. The van der Waals surface area contributed by atoms with Crippen LogP contribution in [0.1, 0.15) is 111 Å². The minimum absolute atomic E-state index is 0.0676. The van der Waals surface area contributed by atoms with Gasteiger partial charge < -0.3 is 28.4 Å². The van der Waals surface area contributed by atoms with Gasteiger partial charge in [-0.2, -0.15) is 0 Å². The standard InChI is InChI=1S/C48H62O13/c1-8-11-12-14-34-16-18-36(19-17-34)45(53)61-39-23-20-35(21-24-39)37-22-25-42(38(27-37)15-13-26-56-43(51)32(4)5)57-28-48(29-58-44(52)33(6)7,30-59-46(54)40(49)9-2)31-60-47(55)41(50)10-3/h20-25,27,34,36H,4,6,8-19,26,28-31H2,1-3,5,7H3. The van der Waals surface area contributed by atoms with Crippen LogP contribution in [0.4, 0.5) is 0 Å². The quantitative estimate of drug-likeness (QED) is 0.0221. The van der Waals surface area contributed by atoms with Gasteiger partial charge in [-0.25, -0.2) is 19.2 Å². The van der Waals surface area contributed by atoms with Crippen LogP contribution in [0.25, 0.3) is 11.1 Å². The first-order valence-electron chi connectivity index (χ1n) is 21.2. The molecule has 0 N–H and O–H groups in total. The summed E-state index contributed by atoms with van der Waals surface area (Å²) in [7, 11) is 0. The number of hydrogen-bond donors (Lipinski definition) is 0. The number of benzene rings is 2. The van der Waals surface area contributed by atoms with Crippen molar-refractivity contribution in [1.29, 1.82) is 0 Å². The van der Waals surface area contributed by atoms with E-state index in [1.54, 1.807) is 25.1 Å². The maximum atomic E-state index is 13.1. The molecule has 2 aromatic rings. The Labute approximate surface area is 359 Å². The largest absolute Gasteiger partial charge is 0.492 e. The summed E-state index contributed by atoms with van der Waals surface area (Å²) < 4.78 is 33.6. The van der Waals surface area contributed by atoms with E-state index in [9.17, 15) is 33.6 Å². The highest BCUT2D eigenvalue weighted by atomic mass is 16.6. The average molecular weight is 847 g/mol. The highest BCUT2D eigenvalue weighted by Crippen LogP contribution is 2.34. The second kappa shape index (κ2) is 25.2. The van der Waals surface area contributed by atoms with Crippen LogP contribution in [0.2, 0.25) is 0 Å². The molecule has 0 unspecified atom stereocenters. The van der Waals surface area contributed by atoms with Crippen LogP contribution in [0.5, 0.6) is 11.5 Å². The Morgan fingerprint density at radius 1 is 0.639 bits per heavy atom. The minimum atomic E-state index is -1.59. The molecule has 13 heteroatoms. The van der Waals surface area contributed by atoms with Crippen molar-refractivity contribution >= 4 is 41.4 Å². The monoisotopic (exact) mass is 846 g/mol. The van der Waals surface area contributed by atoms with Gasteiger partial charge in [0, 0.05) is 24.0 Å². The first-order chi connectivity index (χ1) is 29.1. The lowest BCUT2D eigenvalue weighted by Crippen LogP contribution is -2.45. The zero-order valence-corrected chi connectivity index (χ0v) is 36.4. The lowest BCUT2D eigenvalue weighted by Gasteiger charge is -2.32. The van der Waals surface area contributed by atoms with Gasteiger partial charge in [0.05, 0.1) is 12.5 Å². The van der Waals surface area contributed by atoms with Gasteiger partial charge in [0.25, 0.3) is 0 Å². The molecule has 1 aliphatic rings. The molecule has 3 rings (SSSR count). The molecule has 0 aromatic heterocycles. The van der Waals surface area contributed by atoms with Crippen molar-refractivity contribution in [2.24, 2.45) is 17.3 Å². The molecular formula is C48H62O13. The zero-order chi connectivity index (χ0) is 45.0. The van der Waals surface area contributed by atoms with Crippen molar-refractivity contribution in [3.8, 4) is 22.6 Å². The number of aryl methyl sites for hydroxylation is 1. The van der Waals surface area contributed by atoms with Crippen LogP contribution in [0.3, 0.4) is 0 Å². The van der Waals surface area contributed by atoms with E-state index < -0.39 is 60.7 Å². The van der Waals surface area contributed by atoms with Crippen molar-refractivity contribution in [1.82, 2.24) is 0 Å². The Morgan fingerprint density at radius 3 is 1.72 bits per heavy atom. The molecule has 0 saturated heterocycles. The van der Waals surface area contributed by atoms with Gasteiger partial charge in [-0.15, -0.1) is 0 Å². The van der Waals surface area contributed by atoms with Gasteiger partial charge in [0.2, 0.25) is 11.6 Å². The van der Waals surface area contributed by atoms with Gasteiger partial charge in [-0.05, 0) is 99.2 Å². The Bertz CT molecular complexity index is 1840. The number of esters is 5. The molecule has 0 atom stereocenters. The predicted octanol–water partition coefficient (Wildman–Crippen LogP) is 8.23. The van der Waals surface area contributed by atoms with Crippen LogP contribution in [0.15, 0.2) is 66.8 Å². The first-order valence-corrected chi connectivity index (χ1v) is 21.2. The maximum Gasteiger partial charge on any atom is 0.374 e. The van der Waals surface area contributed by atoms with Crippen molar-refractivity contribution in [2.75, 3.05) is 33.0 Å². The highest BCUT2D eigenvalue weighted by Gasteiger charge is 2.39. The Hall–Kier alpha value is -5.59. The van der Waals surface area contributed by atoms with Crippen LogP contribution >= 0.6 is 0 Å². The fourth-order valence-electron chi connectivity index (χ4n) is 6.64. The van der Waals surface area contributed by atoms with Gasteiger partial charge in [0.15, 0.2) is 0 Å². The van der Waals surface area contributed by atoms with Gasteiger partial charge in [-0.3, -0.25) is 14.4 Å². The third-order valence-electron chi connectivity index (χ3n) is 10.5. The van der Waals surface area contributed by atoms with Crippen LogP contribution in [-0.2, 0) is 58.9 Å². The Morgan fingerprint density at radius 2 is 1.18 bits per heavy atom. The van der Waals surface area contributed by atoms with E-state index in [0.29, 0.717) is 35.8 Å². The predicted molar refractivity (Wildman–Crippen MR) is 227 cm³/mol. The molecule has 0 radical (unpaired) electrons. The smallest absolute Gasteiger partial charge is 0.374 e. The molecule has 1 aliphatic carbocycles. The molecule has 1 fully saturated rings. The second-order valence-corrected chi connectivity index (χ2v) is 15.9. The zero-order valence-electron chi connectivity index (χ0n) is 36.4. The summed E-state index contributed by atoms with van der Waals surface area (Å²) in [6.07, 6.45) is 9.18. The maximum absolute atomic E-state index is 13.1. The van der Waals surface area contributed by atoms with Crippen molar-refractivity contribution in [3.63, 3.8) is 0 Å². The number of rotatable bonds is 26.